The summed E-state index contributed by atoms with van der Waals surface area (Å²) in [6, 6.07) is 10.3. The molecule has 0 radical (unpaired) electrons. The SMILES string of the molecule is C[C@]12CN(Cc3ccccc3)C[C@@]1(C)C(=O)N(CC(N)=O)C2. The minimum Gasteiger partial charge on any atom is -0.368 e. The molecule has 118 valence electrons. The van der Waals surface area contributed by atoms with Crippen molar-refractivity contribution in [2.75, 3.05) is 26.2 Å². The first-order chi connectivity index (χ1) is 10.3. The van der Waals surface area contributed by atoms with E-state index in [1.807, 2.05) is 25.1 Å². The lowest BCUT2D eigenvalue weighted by Crippen LogP contribution is -2.41. The van der Waals surface area contributed by atoms with Crippen molar-refractivity contribution in [1.29, 1.82) is 0 Å². The van der Waals surface area contributed by atoms with Gasteiger partial charge >= 0.3 is 0 Å². The monoisotopic (exact) mass is 301 g/mol. The van der Waals surface area contributed by atoms with E-state index in [2.05, 4.69) is 24.0 Å². The van der Waals surface area contributed by atoms with E-state index in [0.717, 1.165) is 19.6 Å². The van der Waals surface area contributed by atoms with Crippen LogP contribution in [-0.2, 0) is 16.1 Å². The molecule has 5 nitrogen and oxygen atoms in total. The first-order valence-electron chi connectivity index (χ1n) is 7.68. The number of amides is 2. The molecule has 2 saturated heterocycles. The summed E-state index contributed by atoms with van der Waals surface area (Å²) in [5.41, 5.74) is 5.95. The summed E-state index contributed by atoms with van der Waals surface area (Å²) in [4.78, 5) is 27.9. The number of hydrogen-bond donors (Lipinski definition) is 1. The van der Waals surface area contributed by atoms with Gasteiger partial charge in [0.2, 0.25) is 11.8 Å². The van der Waals surface area contributed by atoms with E-state index in [-0.39, 0.29) is 17.9 Å². The summed E-state index contributed by atoms with van der Waals surface area (Å²) in [6.07, 6.45) is 0. The van der Waals surface area contributed by atoms with E-state index in [0.29, 0.717) is 6.54 Å². The highest BCUT2D eigenvalue weighted by Crippen LogP contribution is 2.52. The van der Waals surface area contributed by atoms with Gasteiger partial charge in [-0.15, -0.1) is 0 Å². The quantitative estimate of drug-likeness (QED) is 0.896. The molecule has 0 saturated carbocycles. The number of fused-ring (bicyclic) bond motifs is 1. The number of carbonyl (C=O) groups is 2. The molecule has 3 rings (SSSR count). The average Bonchev–Trinajstić information content (AvgIpc) is 2.78. The van der Waals surface area contributed by atoms with Crippen LogP contribution in [0.2, 0.25) is 0 Å². The van der Waals surface area contributed by atoms with Crippen molar-refractivity contribution in [1.82, 2.24) is 9.80 Å². The minimum atomic E-state index is -0.443. The molecule has 1 aromatic rings. The number of carbonyl (C=O) groups excluding carboxylic acids is 2. The third kappa shape index (κ3) is 2.29. The topological polar surface area (TPSA) is 66.6 Å². The zero-order valence-electron chi connectivity index (χ0n) is 13.2. The molecule has 2 amide bonds. The molecule has 2 aliphatic rings. The van der Waals surface area contributed by atoms with Crippen LogP contribution in [0.1, 0.15) is 19.4 Å². The fourth-order valence-electron chi connectivity index (χ4n) is 4.02. The van der Waals surface area contributed by atoms with E-state index in [1.54, 1.807) is 4.90 Å². The number of hydrogen-bond acceptors (Lipinski definition) is 3. The van der Waals surface area contributed by atoms with Crippen LogP contribution in [0.25, 0.3) is 0 Å². The first kappa shape index (κ1) is 15.0. The van der Waals surface area contributed by atoms with Gasteiger partial charge in [-0.1, -0.05) is 37.3 Å². The molecule has 22 heavy (non-hydrogen) atoms. The van der Waals surface area contributed by atoms with E-state index in [9.17, 15) is 9.59 Å². The maximum absolute atomic E-state index is 12.7. The van der Waals surface area contributed by atoms with Crippen LogP contribution in [0.15, 0.2) is 30.3 Å². The number of benzene rings is 1. The zero-order chi connectivity index (χ0) is 16.0. The molecule has 2 fully saturated rings. The van der Waals surface area contributed by atoms with Gasteiger partial charge < -0.3 is 10.6 Å². The number of likely N-dealkylation sites (tertiary alicyclic amines) is 2. The number of primary amides is 1. The Labute approximate surface area is 131 Å². The maximum atomic E-state index is 12.7. The normalized spacial score (nSPS) is 31.5. The Hall–Kier alpha value is -1.88. The summed E-state index contributed by atoms with van der Waals surface area (Å²) < 4.78 is 0. The average molecular weight is 301 g/mol. The zero-order valence-corrected chi connectivity index (χ0v) is 13.2. The van der Waals surface area contributed by atoms with Gasteiger partial charge in [0, 0.05) is 31.6 Å². The largest absolute Gasteiger partial charge is 0.368 e. The van der Waals surface area contributed by atoms with Crippen LogP contribution in [0.5, 0.6) is 0 Å². The molecule has 5 heteroatoms. The van der Waals surface area contributed by atoms with Crippen LogP contribution >= 0.6 is 0 Å². The van der Waals surface area contributed by atoms with Gasteiger partial charge in [0.25, 0.3) is 0 Å². The third-order valence-corrected chi connectivity index (χ3v) is 5.34. The van der Waals surface area contributed by atoms with Crippen LogP contribution in [-0.4, -0.2) is 47.8 Å². The molecule has 2 atom stereocenters. The number of rotatable bonds is 4. The molecule has 2 heterocycles. The Balaban J connectivity index is 1.76. The van der Waals surface area contributed by atoms with Crippen LogP contribution in [0.3, 0.4) is 0 Å². The van der Waals surface area contributed by atoms with Gasteiger partial charge in [-0.25, -0.2) is 0 Å². The molecule has 0 spiro atoms. The van der Waals surface area contributed by atoms with Crippen molar-refractivity contribution < 1.29 is 9.59 Å². The van der Waals surface area contributed by atoms with Crippen molar-refractivity contribution in [3.63, 3.8) is 0 Å². The second-order valence-corrected chi connectivity index (χ2v) is 7.15. The van der Waals surface area contributed by atoms with Gasteiger partial charge in [-0.3, -0.25) is 14.5 Å². The van der Waals surface area contributed by atoms with Crippen LogP contribution in [0.4, 0.5) is 0 Å². The van der Waals surface area contributed by atoms with Crippen molar-refractivity contribution in [2.24, 2.45) is 16.6 Å². The van der Waals surface area contributed by atoms with Crippen LogP contribution in [0, 0.1) is 10.8 Å². The predicted molar refractivity (Wildman–Crippen MR) is 83.7 cm³/mol. The Bertz CT molecular complexity index is 603. The van der Waals surface area contributed by atoms with Crippen molar-refractivity contribution in [2.45, 2.75) is 20.4 Å². The molecular formula is C17H23N3O2. The van der Waals surface area contributed by atoms with E-state index in [4.69, 9.17) is 5.73 Å². The van der Waals surface area contributed by atoms with E-state index >= 15 is 0 Å². The Morgan fingerprint density at radius 2 is 1.86 bits per heavy atom. The predicted octanol–water partition coefficient (Wildman–Crippen LogP) is 0.842. The number of nitrogens with zero attached hydrogens (tertiary/aromatic N) is 2. The highest BCUT2D eigenvalue weighted by atomic mass is 16.2. The van der Waals surface area contributed by atoms with Gasteiger partial charge in [0.15, 0.2) is 0 Å². The van der Waals surface area contributed by atoms with E-state index in [1.165, 1.54) is 5.56 Å². The van der Waals surface area contributed by atoms with Crippen molar-refractivity contribution >= 4 is 11.8 Å². The van der Waals surface area contributed by atoms with Gasteiger partial charge in [0.05, 0.1) is 12.0 Å². The second kappa shape index (κ2) is 5.09. The molecular weight excluding hydrogens is 278 g/mol. The molecule has 0 bridgehead atoms. The molecule has 0 unspecified atom stereocenters. The summed E-state index contributed by atoms with van der Waals surface area (Å²) in [5, 5.41) is 0. The van der Waals surface area contributed by atoms with Gasteiger partial charge in [-0.05, 0) is 12.5 Å². The molecule has 1 aromatic carbocycles. The summed E-state index contributed by atoms with van der Waals surface area (Å²) in [5.74, 6) is -0.383. The number of nitrogens with two attached hydrogens (primary N) is 1. The van der Waals surface area contributed by atoms with Crippen molar-refractivity contribution in [3.05, 3.63) is 35.9 Å². The fraction of sp³-hybridized carbons (Fsp3) is 0.529. The minimum absolute atomic E-state index is 0.0305. The highest BCUT2D eigenvalue weighted by molar-refractivity contribution is 5.90. The second-order valence-electron chi connectivity index (χ2n) is 7.15. The smallest absolute Gasteiger partial charge is 0.237 e. The molecule has 2 N–H and O–H groups in total. The Kier molecular flexibility index (Phi) is 3.48. The van der Waals surface area contributed by atoms with Gasteiger partial charge in [0.1, 0.15) is 0 Å². The lowest BCUT2D eigenvalue weighted by molar-refractivity contribution is -0.138. The third-order valence-electron chi connectivity index (χ3n) is 5.34. The van der Waals surface area contributed by atoms with Crippen molar-refractivity contribution in [3.8, 4) is 0 Å². The Morgan fingerprint density at radius 1 is 1.18 bits per heavy atom. The standard InChI is InChI=1S/C17H23N3O2/c1-16-10-19(8-13-6-4-3-5-7-13)12-17(16,2)15(22)20(11-16)9-14(18)21/h3-7H,8-12H2,1-2H3,(H2,18,21)/t16-,17+/m1/s1. The molecule has 0 aliphatic carbocycles. The first-order valence-corrected chi connectivity index (χ1v) is 7.68. The maximum Gasteiger partial charge on any atom is 0.237 e. The van der Waals surface area contributed by atoms with Crippen LogP contribution < -0.4 is 5.73 Å². The van der Waals surface area contributed by atoms with Gasteiger partial charge in [-0.2, -0.15) is 0 Å². The summed E-state index contributed by atoms with van der Waals surface area (Å²) in [7, 11) is 0. The summed E-state index contributed by atoms with van der Waals surface area (Å²) >= 11 is 0. The highest BCUT2D eigenvalue weighted by Gasteiger charge is 2.62. The fourth-order valence-corrected chi connectivity index (χ4v) is 4.02. The lowest BCUT2D eigenvalue weighted by Gasteiger charge is -2.28. The molecule has 2 aliphatic heterocycles. The van der Waals surface area contributed by atoms with E-state index < -0.39 is 11.3 Å². The lowest BCUT2D eigenvalue weighted by atomic mass is 9.70. The Morgan fingerprint density at radius 3 is 2.45 bits per heavy atom. The summed E-state index contributed by atoms with van der Waals surface area (Å²) in [6.45, 7) is 7.26. The molecule has 0 aromatic heterocycles.